The van der Waals surface area contributed by atoms with Gasteiger partial charge in [0.05, 0.1) is 15.1 Å². The summed E-state index contributed by atoms with van der Waals surface area (Å²) in [5, 5.41) is 14.2. The first-order chi connectivity index (χ1) is 11.5. The van der Waals surface area contributed by atoms with Crippen LogP contribution in [0.2, 0.25) is 0 Å². The molecule has 0 saturated carbocycles. The molecule has 0 bridgehead atoms. The minimum atomic E-state index is -0.489. The number of carbonyl (C=O) groups is 1. The molecule has 0 aliphatic heterocycles. The van der Waals surface area contributed by atoms with Gasteiger partial charge in [-0.25, -0.2) is 4.98 Å². The molecule has 122 valence electrons. The van der Waals surface area contributed by atoms with Crippen molar-refractivity contribution >= 4 is 38.3 Å². The molecule has 0 aliphatic rings. The van der Waals surface area contributed by atoms with Gasteiger partial charge < -0.3 is 0 Å². The van der Waals surface area contributed by atoms with Crippen LogP contribution < -0.4 is 5.32 Å². The Labute approximate surface area is 142 Å². The molecule has 0 radical (unpaired) electrons. The third-order valence-electron chi connectivity index (χ3n) is 3.85. The standard InChI is InChI=1S/C17H15N3O3S/c1-3-11-6-4-9-14-15(11)18-17(24-14)19-16(21)12-7-5-8-13(10(12)2)20(22)23/h4-9H,3H2,1-2H3,(H,18,19,21). The highest BCUT2D eigenvalue weighted by Gasteiger charge is 2.19. The van der Waals surface area contributed by atoms with Gasteiger partial charge in [0.25, 0.3) is 11.6 Å². The number of nitro benzene ring substituents is 1. The van der Waals surface area contributed by atoms with Crippen molar-refractivity contribution in [1.29, 1.82) is 0 Å². The Morgan fingerprint density at radius 2 is 2.04 bits per heavy atom. The largest absolute Gasteiger partial charge is 0.298 e. The van der Waals surface area contributed by atoms with Crippen LogP contribution in [-0.4, -0.2) is 15.8 Å². The lowest BCUT2D eigenvalue weighted by atomic mass is 10.1. The number of nitro groups is 1. The van der Waals surface area contributed by atoms with Gasteiger partial charge in [0, 0.05) is 17.2 Å². The maximum absolute atomic E-state index is 12.5. The minimum Gasteiger partial charge on any atom is -0.298 e. The third kappa shape index (κ3) is 2.85. The molecule has 0 unspecified atom stereocenters. The van der Waals surface area contributed by atoms with Crippen LogP contribution in [0.15, 0.2) is 36.4 Å². The number of hydrogen-bond acceptors (Lipinski definition) is 5. The molecular formula is C17H15N3O3S. The van der Waals surface area contributed by atoms with Crippen LogP contribution >= 0.6 is 11.3 Å². The van der Waals surface area contributed by atoms with Gasteiger partial charge in [0.1, 0.15) is 0 Å². The Balaban J connectivity index is 1.93. The normalized spacial score (nSPS) is 10.8. The SMILES string of the molecule is CCc1cccc2sc(NC(=O)c3cccc([N+](=O)[O-])c3C)nc12. The van der Waals surface area contributed by atoms with Gasteiger partial charge >= 0.3 is 0 Å². The number of fused-ring (bicyclic) bond motifs is 1. The fraction of sp³-hybridized carbons (Fsp3) is 0.176. The molecule has 7 heteroatoms. The van der Waals surface area contributed by atoms with E-state index in [4.69, 9.17) is 0 Å². The number of para-hydroxylation sites is 1. The van der Waals surface area contributed by atoms with Crippen molar-refractivity contribution < 1.29 is 9.72 Å². The zero-order valence-corrected chi connectivity index (χ0v) is 14.0. The predicted octanol–water partition coefficient (Wildman–Crippen LogP) is 4.33. The molecule has 0 spiro atoms. The van der Waals surface area contributed by atoms with Gasteiger partial charge in [-0.05, 0) is 31.0 Å². The van der Waals surface area contributed by atoms with Crippen LogP contribution in [0.1, 0.15) is 28.4 Å². The smallest absolute Gasteiger partial charge is 0.273 e. The first-order valence-electron chi connectivity index (χ1n) is 7.45. The second-order valence-corrected chi connectivity index (χ2v) is 6.33. The Morgan fingerprint density at radius 1 is 1.29 bits per heavy atom. The molecule has 6 nitrogen and oxygen atoms in total. The van der Waals surface area contributed by atoms with E-state index < -0.39 is 10.8 Å². The summed E-state index contributed by atoms with van der Waals surface area (Å²) < 4.78 is 1.00. The van der Waals surface area contributed by atoms with Gasteiger partial charge in [-0.3, -0.25) is 20.2 Å². The molecule has 1 amide bonds. The molecule has 0 fully saturated rings. The molecule has 3 rings (SSSR count). The van der Waals surface area contributed by atoms with Crippen molar-refractivity contribution in [3.63, 3.8) is 0 Å². The van der Waals surface area contributed by atoms with E-state index in [1.54, 1.807) is 13.0 Å². The van der Waals surface area contributed by atoms with E-state index in [1.165, 1.54) is 23.5 Å². The predicted molar refractivity (Wildman–Crippen MR) is 94.8 cm³/mol. The molecular weight excluding hydrogens is 326 g/mol. The van der Waals surface area contributed by atoms with E-state index in [9.17, 15) is 14.9 Å². The summed E-state index contributed by atoms with van der Waals surface area (Å²) in [5.74, 6) is -0.395. The molecule has 3 aromatic rings. The number of rotatable bonds is 4. The molecule has 0 aliphatic carbocycles. The molecule has 0 atom stereocenters. The topological polar surface area (TPSA) is 85.1 Å². The minimum absolute atomic E-state index is 0.0692. The number of amides is 1. The number of aromatic nitrogens is 1. The van der Waals surface area contributed by atoms with Crippen LogP contribution in [0, 0.1) is 17.0 Å². The van der Waals surface area contributed by atoms with Crippen LogP contribution in [0.5, 0.6) is 0 Å². The van der Waals surface area contributed by atoms with E-state index in [2.05, 4.69) is 17.2 Å². The quantitative estimate of drug-likeness (QED) is 0.565. The lowest BCUT2D eigenvalue weighted by Crippen LogP contribution is -2.13. The number of aryl methyl sites for hydroxylation is 1. The van der Waals surface area contributed by atoms with E-state index in [1.807, 2.05) is 18.2 Å². The molecule has 1 N–H and O–H groups in total. The van der Waals surface area contributed by atoms with Crippen LogP contribution in [0.25, 0.3) is 10.2 Å². The number of benzene rings is 2. The monoisotopic (exact) mass is 341 g/mol. The van der Waals surface area contributed by atoms with Crippen molar-refractivity contribution in [2.45, 2.75) is 20.3 Å². The lowest BCUT2D eigenvalue weighted by Gasteiger charge is -2.05. The highest BCUT2D eigenvalue weighted by Crippen LogP contribution is 2.29. The van der Waals surface area contributed by atoms with Crippen LogP contribution in [-0.2, 0) is 6.42 Å². The molecule has 2 aromatic carbocycles. The van der Waals surface area contributed by atoms with E-state index >= 15 is 0 Å². The fourth-order valence-corrected chi connectivity index (χ4v) is 3.48. The van der Waals surface area contributed by atoms with Gasteiger partial charge in [-0.1, -0.05) is 36.5 Å². The molecule has 24 heavy (non-hydrogen) atoms. The average Bonchev–Trinajstić information content (AvgIpc) is 2.96. The van der Waals surface area contributed by atoms with E-state index in [0.29, 0.717) is 10.7 Å². The van der Waals surface area contributed by atoms with Crippen molar-refractivity contribution in [2.75, 3.05) is 5.32 Å². The van der Waals surface area contributed by atoms with E-state index in [0.717, 1.165) is 22.2 Å². The number of thiazole rings is 1. The number of nitrogens with zero attached hydrogens (tertiary/aromatic N) is 2. The second kappa shape index (κ2) is 6.37. The van der Waals surface area contributed by atoms with Gasteiger partial charge in [0.2, 0.25) is 0 Å². The summed E-state index contributed by atoms with van der Waals surface area (Å²) in [4.78, 5) is 27.5. The fourth-order valence-electron chi connectivity index (χ4n) is 2.58. The number of nitrogens with one attached hydrogen (secondary N) is 1. The zero-order chi connectivity index (χ0) is 17.3. The van der Waals surface area contributed by atoms with Crippen LogP contribution in [0.4, 0.5) is 10.8 Å². The van der Waals surface area contributed by atoms with Crippen molar-refractivity contribution in [1.82, 2.24) is 4.98 Å². The van der Waals surface area contributed by atoms with Gasteiger partial charge in [0.15, 0.2) is 5.13 Å². The van der Waals surface area contributed by atoms with Crippen molar-refractivity contribution in [3.05, 3.63) is 63.2 Å². The zero-order valence-electron chi connectivity index (χ0n) is 13.2. The molecule has 0 saturated heterocycles. The number of carbonyl (C=O) groups excluding carboxylic acids is 1. The van der Waals surface area contributed by atoms with Crippen LogP contribution in [0.3, 0.4) is 0 Å². The Kier molecular flexibility index (Phi) is 4.26. The average molecular weight is 341 g/mol. The summed E-state index contributed by atoms with van der Waals surface area (Å²) in [5.41, 5.74) is 2.56. The summed E-state index contributed by atoms with van der Waals surface area (Å²) in [6.45, 7) is 3.62. The Hall–Kier alpha value is -2.80. The lowest BCUT2D eigenvalue weighted by molar-refractivity contribution is -0.385. The molecule has 1 aromatic heterocycles. The van der Waals surface area contributed by atoms with Gasteiger partial charge in [-0.15, -0.1) is 0 Å². The first kappa shape index (κ1) is 16.1. The van der Waals surface area contributed by atoms with Crippen molar-refractivity contribution in [2.24, 2.45) is 0 Å². The summed E-state index contributed by atoms with van der Waals surface area (Å²) in [7, 11) is 0. The Bertz CT molecular complexity index is 949. The van der Waals surface area contributed by atoms with Crippen molar-refractivity contribution in [3.8, 4) is 0 Å². The first-order valence-corrected chi connectivity index (χ1v) is 8.26. The maximum atomic E-state index is 12.5. The molecule has 1 heterocycles. The summed E-state index contributed by atoms with van der Waals surface area (Å²) >= 11 is 1.39. The summed E-state index contributed by atoms with van der Waals surface area (Å²) in [6.07, 6.45) is 0.860. The van der Waals surface area contributed by atoms with Gasteiger partial charge in [-0.2, -0.15) is 0 Å². The number of hydrogen-bond donors (Lipinski definition) is 1. The second-order valence-electron chi connectivity index (χ2n) is 5.30. The maximum Gasteiger partial charge on any atom is 0.273 e. The van der Waals surface area contributed by atoms with E-state index in [-0.39, 0.29) is 11.3 Å². The highest BCUT2D eigenvalue weighted by atomic mass is 32.1. The number of anilines is 1. The highest BCUT2D eigenvalue weighted by molar-refractivity contribution is 7.22. The Morgan fingerprint density at radius 3 is 2.75 bits per heavy atom. The summed E-state index contributed by atoms with van der Waals surface area (Å²) in [6, 6.07) is 10.4. The third-order valence-corrected chi connectivity index (χ3v) is 4.79.